The van der Waals surface area contributed by atoms with Crippen molar-refractivity contribution in [2.45, 2.75) is 0 Å². The summed E-state index contributed by atoms with van der Waals surface area (Å²) in [7, 11) is 0. The standard InChI is InChI=1S/C4H4O3S/c5-4(8)3-1-6-2-7-3/h1H,2H2,(H,5,8). The van der Waals surface area contributed by atoms with E-state index in [0.717, 1.165) is 0 Å². The predicted octanol–water partition coefficient (Wildman–Crippen LogP) is 0.288. The molecule has 1 aliphatic rings. The third-order valence-electron chi connectivity index (χ3n) is 0.684. The molecule has 0 atom stereocenters. The zero-order chi connectivity index (χ0) is 5.98. The second-order valence-electron chi connectivity index (χ2n) is 1.22. The summed E-state index contributed by atoms with van der Waals surface area (Å²) < 4.78 is 9.19. The number of hydrogen-bond acceptors (Lipinski definition) is 3. The molecule has 0 radical (unpaired) electrons. The molecule has 0 aliphatic carbocycles. The molecule has 1 rings (SSSR count). The lowest BCUT2D eigenvalue weighted by atomic mass is 10.6. The van der Waals surface area contributed by atoms with E-state index in [-0.39, 0.29) is 12.6 Å². The maximum absolute atomic E-state index is 10.2. The molecule has 1 aliphatic heterocycles. The van der Waals surface area contributed by atoms with Crippen molar-refractivity contribution in [2.24, 2.45) is 0 Å². The van der Waals surface area contributed by atoms with Gasteiger partial charge in [-0.1, -0.05) is 12.6 Å². The fourth-order valence-electron chi connectivity index (χ4n) is 0.353. The first kappa shape index (κ1) is 5.50. The van der Waals surface area contributed by atoms with Gasteiger partial charge in [0.25, 0.3) is 5.12 Å². The van der Waals surface area contributed by atoms with Crippen LogP contribution >= 0.6 is 12.6 Å². The Labute approximate surface area is 51.7 Å². The number of thiol groups is 1. The van der Waals surface area contributed by atoms with Crippen LogP contribution < -0.4 is 0 Å². The molecule has 0 amide bonds. The Hall–Kier alpha value is -0.640. The van der Waals surface area contributed by atoms with Gasteiger partial charge in [0.2, 0.25) is 12.6 Å². The second kappa shape index (κ2) is 2.09. The summed E-state index contributed by atoms with van der Waals surface area (Å²) >= 11 is 3.48. The molecule has 0 fully saturated rings. The van der Waals surface area contributed by atoms with Gasteiger partial charge in [-0.15, -0.1) is 0 Å². The molecule has 3 nitrogen and oxygen atoms in total. The normalized spacial score (nSPS) is 16.4. The van der Waals surface area contributed by atoms with E-state index in [4.69, 9.17) is 0 Å². The van der Waals surface area contributed by atoms with E-state index < -0.39 is 5.12 Å². The van der Waals surface area contributed by atoms with Crippen molar-refractivity contribution in [3.05, 3.63) is 12.0 Å². The first-order chi connectivity index (χ1) is 3.80. The average Bonchev–Trinajstić information content (AvgIpc) is 2.12. The van der Waals surface area contributed by atoms with Gasteiger partial charge in [-0.05, 0) is 0 Å². The van der Waals surface area contributed by atoms with Crippen LogP contribution in [0.1, 0.15) is 0 Å². The van der Waals surface area contributed by atoms with Crippen molar-refractivity contribution in [1.29, 1.82) is 0 Å². The molecule has 0 unspecified atom stereocenters. The SMILES string of the molecule is O=C(S)C1=COCO1. The van der Waals surface area contributed by atoms with Crippen LogP contribution in [0.15, 0.2) is 12.0 Å². The van der Waals surface area contributed by atoms with Gasteiger partial charge in [-0.25, -0.2) is 0 Å². The van der Waals surface area contributed by atoms with Crippen LogP contribution in [0.5, 0.6) is 0 Å². The van der Waals surface area contributed by atoms with Crippen molar-refractivity contribution in [1.82, 2.24) is 0 Å². The van der Waals surface area contributed by atoms with Crippen molar-refractivity contribution in [3.63, 3.8) is 0 Å². The fourth-order valence-corrected chi connectivity index (χ4v) is 0.471. The molecule has 44 valence electrons. The highest BCUT2D eigenvalue weighted by Crippen LogP contribution is 2.08. The number of carbonyl (C=O) groups is 1. The minimum absolute atomic E-state index is 0.127. The molecule has 1 heterocycles. The van der Waals surface area contributed by atoms with Crippen LogP contribution in [0.3, 0.4) is 0 Å². The lowest BCUT2D eigenvalue weighted by Crippen LogP contribution is -1.92. The molecule has 4 heteroatoms. The van der Waals surface area contributed by atoms with Gasteiger partial charge in [0.05, 0.1) is 0 Å². The Morgan fingerprint density at radius 3 is 2.88 bits per heavy atom. The summed E-state index contributed by atoms with van der Waals surface area (Å²) in [6.45, 7) is 0.127. The van der Waals surface area contributed by atoms with E-state index in [1.54, 1.807) is 0 Å². The highest BCUT2D eigenvalue weighted by atomic mass is 32.1. The van der Waals surface area contributed by atoms with Crippen LogP contribution in [-0.4, -0.2) is 11.9 Å². The summed E-state index contributed by atoms with van der Waals surface area (Å²) in [5, 5.41) is -0.400. The average molecular weight is 132 g/mol. The van der Waals surface area contributed by atoms with Crippen molar-refractivity contribution in [2.75, 3.05) is 6.79 Å². The highest BCUT2D eigenvalue weighted by molar-refractivity contribution is 7.97. The summed E-state index contributed by atoms with van der Waals surface area (Å²) in [5.74, 6) is 0.174. The van der Waals surface area contributed by atoms with E-state index in [9.17, 15) is 4.79 Å². The van der Waals surface area contributed by atoms with Crippen LogP contribution in [-0.2, 0) is 14.3 Å². The van der Waals surface area contributed by atoms with Crippen LogP contribution in [0.2, 0.25) is 0 Å². The maximum Gasteiger partial charge on any atom is 0.254 e. The third kappa shape index (κ3) is 0.949. The van der Waals surface area contributed by atoms with Crippen molar-refractivity contribution >= 4 is 17.7 Å². The molecular formula is C4H4O3S. The van der Waals surface area contributed by atoms with Crippen LogP contribution in [0.4, 0.5) is 0 Å². The minimum atomic E-state index is -0.400. The third-order valence-corrected chi connectivity index (χ3v) is 0.904. The first-order valence-corrected chi connectivity index (χ1v) is 2.43. The van der Waals surface area contributed by atoms with Gasteiger partial charge < -0.3 is 9.47 Å². The molecule has 0 aromatic carbocycles. The van der Waals surface area contributed by atoms with E-state index in [1.807, 2.05) is 0 Å². The molecule has 0 aromatic heterocycles. The van der Waals surface area contributed by atoms with Gasteiger partial charge in [-0.3, -0.25) is 4.79 Å². The summed E-state index contributed by atoms with van der Waals surface area (Å²) in [5.41, 5.74) is 0. The van der Waals surface area contributed by atoms with Crippen LogP contribution in [0, 0.1) is 0 Å². The van der Waals surface area contributed by atoms with Crippen molar-refractivity contribution in [3.8, 4) is 0 Å². The number of rotatable bonds is 1. The van der Waals surface area contributed by atoms with E-state index >= 15 is 0 Å². The Kier molecular flexibility index (Phi) is 1.43. The lowest BCUT2D eigenvalue weighted by Gasteiger charge is -1.90. The minimum Gasteiger partial charge on any atom is -0.461 e. The summed E-state index contributed by atoms with van der Waals surface area (Å²) in [6, 6.07) is 0. The van der Waals surface area contributed by atoms with Gasteiger partial charge in [0.15, 0.2) is 0 Å². The monoisotopic (exact) mass is 132 g/mol. The molecule has 0 aromatic rings. The molecule has 0 saturated heterocycles. The number of hydrogen-bond donors (Lipinski definition) is 1. The number of carbonyl (C=O) groups excluding carboxylic acids is 1. The summed E-state index contributed by atoms with van der Waals surface area (Å²) in [4.78, 5) is 10.2. The molecule has 0 N–H and O–H groups in total. The Balaban J connectivity index is 2.57. The van der Waals surface area contributed by atoms with E-state index in [2.05, 4.69) is 22.1 Å². The van der Waals surface area contributed by atoms with Crippen molar-refractivity contribution < 1.29 is 14.3 Å². The molecular weight excluding hydrogens is 128 g/mol. The zero-order valence-electron chi connectivity index (χ0n) is 3.96. The smallest absolute Gasteiger partial charge is 0.254 e. The van der Waals surface area contributed by atoms with Gasteiger partial charge in [0.1, 0.15) is 6.26 Å². The fraction of sp³-hybridized carbons (Fsp3) is 0.250. The van der Waals surface area contributed by atoms with Crippen LogP contribution in [0.25, 0.3) is 0 Å². The lowest BCUT2D eigenvalue weighted by molar-refractivity contribution is -0.110. The Morgan fingerprint density at radius 2 is 2.62 bits per heavy atom. The Morgan fingerprint density at radius 1 is 1.88 bits per heavy atom. The predicted molar refractivity (Wildman–Crippen MR) is 29.1 cm³/mol. The maximum atomic E-state index is 10.2. The zero-order valence-corrected chi connectivity index (χ0v) is 4.85. The molecule has 8 heavy (non-hydrogen) atoms. The van der Waals surface area contributed by atoms with Gasteiger partial charge >= 0.3 is 0 Å². The summed E-state index contributed by atoms with van der Waals surface area (Å²) in [6.07, 6.45) is 1.25. The van der Waals surface area contributed by atoms with E-state index in [0.29, 0.717) is 0 Å². The quantitative estimate of drug-likeness (QED) is 0.521. The first-order valence-electron chi connectivity index (χ1n) is 1.98. The molecule has 0 saturated carbocycles. The molecule has 0 spiro atoms. The Bertz CT molecular complexity index is 140. The van der Waals surface area contributed by atoms with Gasteiger partial charge in [0, 0.05) is 0 Å². The largest absolute Gasteiger partial charge is 0.461 e. The topological polar surface area (TPSA) is 35.5 Å². The van der Waals surface area contributed by atoms with E-state index in [1.165, 1.54) is 6.26 Å². The highest BCUT2D eigenvalue weighted by Gasteiger charge is 2.10. The number of ether oxygens (including phenoxy) is 2. The van der Waals surface area contributed by atoms with Gasteiger partial charge in [-0.2, -0.15) is 0 Å². The molecule has 0 bridgehead atoms. The second-order valence-corrected chi connectivity index (χ2v) is 1.62.